The Kier molecular flexibility index (Phi) is 3.10. The van der Waals surface area contributed by atoms with E-state index in [1.807, 2.05) is 12.1 Å². The number of carbonyl (C=O) groups is 1. The van der Waals surface area contributed by atoms with Crippen LogP contribution < -0.4 is 4.90 Å². The molecule has 2 nitrogen and oxygen atoms in total. The van der Waals surface area contributed by atoms with Crippen LogP contribution in [0, 0.1) is 0 Å². The first-order valence-corrected chi connectivity index (χ1v) is 7.19. The molecule has 2 heterocycles. The van der Waals surface area contributed by atoms with E-state index in [9.17, 15) is 4.79 Å². The van der Waals surface area contributed by atoms with E-state index >= 15 is 0 Å². The van der Waals surface area contributed by atoms with Gasteiger partial charge in [0.1, 0.15) is 0 Å². The lowest BCUT2D eigenvalue weighted by Crippen LogP contribution is -2.24. The fraction of sp³-hybridized carbons (Fsp3) is 0.214. The molecule has 92 valence electrons. The summed E-state index contributed by atoms with van der Waals surface area (Å²) in [6.07, 6.45) is 0.435. The fourth-order valence-electron chi connectivity index (χ4n) is 2.20. The molecule has 1 fully saturated rings. The maximum absolute atomic E-state index is 11.8. The molecule has 0 radical (unpaired) electrons. The van der Waals surface area contributed by atoms with Gasteiger partial charge in [0.05, 0.1) is 5.38 Å². The standard InChI is InChI=1S/C14H12ClNOS/c15-12-7-14(17)16(8-12)13-3-1-2-10(6-13)11-4-5-18-9-11/h1-6,9,12H,7-8H2. The van der Waals surface area contributed by atoms with Crippen LogP contribution in [0.2, 0.25) is 0 Å². The maximum atomic E-state index is 11.8. The van der Waals surface area contributed by atoms with Gasteiger partial charge < -0.3 is 4.90 Å². The summed E-state index contributed by atoms with van der Waals surface area (Å²) in [5.74, 6) is 0.109. The molecule has 1 atom stereocenters. The van der Waals surface area contributed by atoms with Gasteiger partial charge >= 0.3 is 0 Å². The first-order valence-electron chi connectivity index (χ1n) is 5.81. The number of nitrogens with zero attached hydrogens (tertiary/aromatic N) is 1. The molecule has 4 heteroatoms. The second-order valence-corrected chi connectivity index (χ2v) is 5.77. The minimum atomic E-state index is -0.0673. The first-order chi connectivity index (χ1) is 8.74. The predicted octanol–water partition coefficient (Wildman–Crippen LogP) is 3.76. The van der Waals surface area contributed by atoms with Crippen LogP contribution in [-0.4, -0.2) is 17.8 Å². The summed E-state index contributed by atoms with van der Waals surface area (Å²) in [7, 11) is 0. The number of anilines is 1. The molecule has 1 aliphatic rings. The first kappa shape index (κ1) is 11.8. The number of benzene rings is 1. The maximum Gasteiger partial charge on any atom is 0.228 e. The van der Waals surface area contributed by atoms with Gasteiger partial charge in [-0.2, -0.15) is 11.3 Å². The Hall–Kier alpha value is -1.32. The van der Waals surface area contributed by atoms with Crippen LogP contribution in [0.25, 0.3) is 11.1 Å². The Labute approximate surface area is 115 Å². The Morgan fingerprint density at radius 3 is 2.83 bits per heavy atom. The Bertz CT molecular complexity index is 567. The van der Waals surface area contributed by atoms with Crippen molar-refractivity contribution < 1.29 is 4.79 Å². The number of amides is 1. The van der Waals surface area contributed by atoms with Gasteiger partial charge in [0, 0.05) is 18.7 Å². The summed E-state index contributed by atoms with van der Waals surface area (Å²) in [5.41, 5.74) is 3.27. The molecule has 0 saturated carbocycles. The largest absolute Gasteiger partial charge is 0.311 e. The molecule has 1 aromatic carbocycles. The third-order valence-electron chi connectivity index (χ3n) is 3.09. The highest BCUT2D eigenvalue weighted by molar-refractivity contribution is 7.08. The number of alkyl halides is 1. The van der Waals surface area contributed by atoms with Crippen LogP contribution >= 0.6 is 22.9 Å². The zero-order valence-electron chi connectivity index (χ0n) is 9.67. The van der Waals surface area contributed by atoms with Gasteiger partial charge in [-0.1, -0.05) is 12.1 Å². The number of halogens is 1. The van der Waals surface area contributed by atoms with E-state index in [1.54, 1.807) is 16.2 Å². The molecule has 2 aromatic rings. The average molecular weight is 278 g/mol. The average Bonchev–Trinajstić information content (AvgIpc) is 2.99. The number of rotatable bonds is 2. The van der Waals surface area contributed by atoms with Gasteiger partial charge in [-0.05, 0) is 40.1 Å². The SMILES string of the molecule is O=C1CC(Cl)CN1c1cccc(-c2ccsc2)c1. The lowest BCUT2D eigenvalue weighted by Gasteiger charge is -2.16. The number of hydrogen-bond donors (Lipinski definition) is 0. The van der Waals surface area contributed by atoms with Crippen molar-refractivity contribution in [2.75, 3.05) is 11.4 Å². The quantitative estimate of drug-likeness (QED) is 0.766. The molecule has 0 bridgehead atoms. The molecule has 0 N–H and O–H groups in total. The fourth-order valence-corrected chi connectivity index (χ4v) is 3.13. The van der Waals surface area contributed by atoms with Crippen molar-refractivity contribution in [3.63, 3.8) is 0 Å². The van der Waals surface area contributed by atoms with E-state index < -0.39 is 0 Å². The number of thiophene rings is 1. The third-order valence-corrected chi connectivity index (χ3v) is 4.07. The van der Waals surface area contributed by atoms with Crippen LogP contribution in [0.4, 0.5) is 5.69 Å². The molecule has 0 aliphatic carbocycles. The highest BCUT2D eigenvalue weighted by Crippen LogP contribution is 2.29. The molecule has 1 unspecified atom stereocenters. The van der Waals surface area contributed by atoms with Crippen molar-refractivity contribution >= 4 is 34.5 Å². The molecule has 1 aromatic heterocycles. The van der Waals surface area contributed by atoms with E-state index in [-0.39, 0.29) is 11.3 Å². The van der Waals surface area contributed by atoms with E-state index in [2.05, 4.69) is 29.0 Å². The summed E-state index contributed by atoms with van der Waals surface area (Å²) < 4.78 is 0. The highest BCUT2D eigenvalue weighted by Gasteiger charge is 2.29. The summed E-state index contributed by atoms with van der Waals surface area (Å²) in [6, 6.07) is 10.1. The van der Waals surface area contributed by atoms with Crippen LogP contribution in [0.3, 0.4) is 0 Å². The Balaban J connectivity index is 1.94. The second-order valence-electron chi connectivity index (χ2n) is 4.37. The minimum absolute atomic E-state index is 0.0673. The van der Waals surface area contributed by atoms with E-state index in [0.29, 0.717) is 13.0 Å². The van der Waals surface area contributed by atoms with Gasteiger partial charge in [-0.3, -0.25) is 4.79 Å². The van der Waals surface area contributed by atoms with Crippen molar-refractivity contribution in [1.29, 1.82) is 0 Å². The zero-order chi connectivity index (χ0) is 12.5. The predicted molar refractivity (Wildman–Crippen MR) is 76.4 cm³/mol. The van der Waals surface area contributed by atoms with Crippen LogP contribution in [0.15, 0.2) is 41.1 Å². The Morgan fingerprint density at radius 1 is 1.28 bits per heavy atom. The smallest absolute Gasteiger partial charge is 0.228 e. The zero-order valence-corrected chi connectivity index (χ0v) is 11.2. The van der Waals surface area contributed by atoms with E-state index in [4.69, 9.17) is 11.6 Å². The monoisotopic (exact) mass is 277 g/mol. The normalized spacial score (nSPS) is 19.5. The summed E-state index contributed by atoms with van der Waals surface area (Å²) in [4.78, 5) is 13.6. The van der Waals surface area contributed by atoms with Crippen molar-refractivity contribution in [1.82, 2.24) is 0 Å². The van der Waals surface area contributed by atoms with E-state index in [1.165, 1.54) is 5.56 Å². The lowest BCUT2D eigenvalue weighted by atomic mass is 10.1. The van der Waals surface area contributed by atoms with Crippen LogP contribution in [0.1, 0.15) is 6.42 Å². The van der Waals surface area contributed by atoms with Crippen molar-refractivity contribution in [3.8, 4) is 11.1 Å². The van der Waals surface area contributed by atoms with Gasteiger partial charge in [-0.15, -0.1) is 11.6 Å². The molecule has 1 saturated heterocycles. The van der Waals surface area contributed by atoms with Crippen molar-refractivity contribution in [2.45, 2.75) is 11.8 Å². The third kappa shape index (κ3) is 2.16. The van der Waals surface area contributed by atoms with Crippen LogP contribution in [0.5, 0.6) is 0 Å². The number of carbonyl (C=O) groups excluding carboxylic acids is 1. The van der Waals surface area contributed by atoms with Crippen molar-refractivity contribution in [2.24, 2.45) is 0 Å². The summed E-state index contributed by atoms with van der Waals surface area (Å²) >= 11 is 7.70. The van der Waals surface area contributed by atoms with Gasteiger partial charge in [0.2, 0.25) is 5.91 Å². The molecule has 3 rings (SSSR count). The van der Waals surface area contributed by atoms with Crippen LogP contribution in [-0.2, 0) is 4.79 Å². The van der Waals surface area contributed by atoms with Gasteiger partial charge in [0.15, 0.2) is 0 Å². The number of hydrogen-bond acceptors (Lipinski definition) is 2. The summed E-state index contributed by atoms with van der Waals surface area (Å²) in [6.45, 7) is 0.605. The highest BCUT2D eigenvalue weighted by atomic mass is 35.5. The Morgan fingerprint density at radius 2 is 2.17 bits per heavy atom. The molecule has 1 amide bonds. The second kappa shape index (κ2) is 4.75. The molecule has 18 heavy (non-hydrogen) atoms. The van der Waals surface area contributed by atoms with E-state index in [0.717, 1.165) is 11.3 Å². The van der Waals surface area contributed by atoms with Gasteiger partial charge in [0.25, 0.3) is 0 Å². The topological polar surface area (TPSA) is 20.3 Å². The molecule has 1 aliphatic heterocycles. The molecule has 0 spiro atoms. The van der Waals surface area contributed by atoms with Crippen molar-refractivity contribution in [3.05, 3.63) is 41.1 Å². The molecular weight excluding hydrogens is 266 g/mol. The van der Waals surface area contributed by atoms with Gasteiger partial charge in [-0.25, -0.2) is 0 Å². The minimum Gasteiger partial charge on any atom is -0.311 e. The summed E-state index contributed by atoms with van der Waals surface area (Å²) in [5, 5.41) is 4.09. The molecular formula is C14H12ClNOS. The lowest BCUT2D eigenvalue weighted by molar-refractivity contribution is -0.117.